The molecule has 1 unspecified atom stereocenters. The molecular weight excluding hydrogens is 255 g/mol. The zero-order chi connectivity index (χ0) is 14.0. The van der Waals surface area contributed by atoms with Gasteiger partial charge in [-0.3, -0.25) is 16.3 Å². The van der Waals surface area contributed by atoms with Gasteiger partial charge in [0.25, 0.3) is 0 Å². The van der Waals surface area contributed by atoms with Crippen LogP contribution in [0.5, 0.6) is 0 Å². The van der Waals surface area contributed by atoms with Crippen molar-refractivity contribution in [2.75, 3.05) is 0 Å². The molecule has 0 fully saturated rings. The van der Waals surface area contributed by atoms with Crippen molar-refractivity contribution in [1.29, 1.82) is 0 Å². The number of fused-ring (bicyclic) bond motifs is 1. The summed E-state index contributed by atoms with van der Waals surface area (Å²) >= 11 is 0. The van der Waals surface area contributed by atoms with Crippen LogP contribution >= 0.6 is 0 Å². The molecule has 1 heterocycles. The summed E-state index contributed by atoms with van der Waals surface area (Å²) in [6, 6.07) is 7.70. The number of alkyl halides is 3. The summed E-state index contributed by atoms with van der Waals surface area (Å²) < 4.78 is 37.3. The monoisotopic (exact) mass is 269 g/mol. The molecule has 102 valence electrons. The number of nitrogens with two attached hydrogens (primary N) is 1. The number of rotatable bonds is 3. The quantitative estimate of drug-likeness (QED) is 0.665. The Hall–Kier alpha value is -1.66. The molecule has 3 N–H and O–H groups in total. The number of pyridine rings is 1. The van der Waals surface area contributed by atoms with E-state index in [0.717, 1.165) is 16.6 Å². The Morgan fingerprint density at radius 3 is 2.63 bits per heavy atom. The van der Waals surface area contributed by atoms with Crippen LogP contribution in [-0.4, -0.2) is 11.2 Å². The molecule has 1 aromatic carbocycles. The van der Waals surface area contributed by atoms with Crippen LogP contribution in [0, 0.1) is 6.92 Å². The SMILES string of the molecule is Cc1ccc2cc(C(CC(F)(F)F)NN)ccc2n1. The van der Waals surface area contributed by atoms with Gasteiger partial charge >= 0.3 is 6.18 Å². The Kier molecular flexibility index (Phi) is 3.73. The summed E-state index contributed by atoms with van der Waals surface area (Å²) in [7, 11) is 0. The molecule has 0 spiro atoms. The van der Waals surface area contributed by atoms with Crippen LogP contribution in [0.2, 0.25) is 0 Å². The maximum Gasteiger partial charge on any atom is 0.390 e. The summed E-state index contributed by atoms with van der Waals surface area (Å²) in [4.78, 5) is 4.30. The zero-order valence-corrected chi connectivity index (χ0v) is 10.3. The Morgan fingerprint density at radius 2 is 2.00 bits per heavy atom. The van der Waals surface area contributed by atoms with E-state index in [4.69, 9.17) is 5.84 Å². The van der Waals surface area contributed by atoms with Gasteiger partial charge in [0.05, 0.1) is 18.0 Å². The molecule has 3 nitrogen and oxygen atoms in total. The largest absolute Gasteiger partial charge is 0.390 e. The predicted octanol–water partition coefficient (Wildman–Crippen LogP) is 3.00. The van der Waals surface area contributed by atoms with Gasteiger partial charge in [0, 0.05) is 11.1 Å². The Labute approximate surface area is 108 Å². The minimum atomic E-state index is -4.27. The maximum atomic E-state index is 12.4. The first-order chi connectivity index (χ1) is 8.89. The number of nitrogens with zero attached hydrogens (tertiary/aromatic N) is 1. The van der Waals surface area contributed by atoms with Crippen LogP contribution in [-0.2, 0) is 0 Å². The first kappa shape index (κ1) is 13.8. The average Bonchev–Trinajstić information content (AvgIpc) is 2.34. The van der Waals surface area contributed by atoms with Crippen molar-refractivity contribution >= 4 is 10.9 Å². The molecule has 0 radical (unpaired) electrons. The number of hydrazine groups is 1. The van der Waals surface area contributed by atoms with Gasteiger partial charge in [-0.2, -0.15) is 13.2 Å². The van der Waals surface area contributed by atoms with Crippen LogP contribution in [0.4, 0.5) is 13.2 Å². The topological polar surface area (TPSA) is 50.9 Å². The van der Waals surface area contributed by atoms with Crippen LogP contribution in [0.1, 0.15) is 23.7 Å². The van der Waals surface area contributed by atoms with Crippen molar-refractivity contribution in [1.82, 2.24) is 10.4 Å². The van der Waals surface area contributed by atoms with E-state index in [1.807, 2.05) is 19.1 Å². The lowest BCUT2D eigenvalue weighted by Gasteiger charge is -2.18. The van der Waals surface area contributed by atoms with Crippen LogP contribution in [0.3, 0.4) is 0 Å². The molecule has 0 saturated carbocycles. The number of benzene rings is 1. The number of hydrogen-bond acceptors (Lipinski definition) is 3. The zero-order valence-electron chi connectivity index (χ0n) is 10.3. The summed E-state index contributed by atoms with van der Waals surface area (Å²) in [5, 5.41) is 0.797. The van der Waals surface area contributed by atoms with E-state index >= 15 is 0 Å². The fraction of sp³-hybridized carbons (Fsp3) is 0.308. The van der Waals surface area contributed by atoms with Gasteiger partial charge in [0.15, 0.2) is 0 Å². The van der Waals surface area contributed by atoms with Crippen molar-refractivity contribution in [3.8, 4) is 0 Å². The number of halogens is 3. The molecular formula is C13H14F3N3. The molecule has 1 aromatic heterocycles. The normalized spacial score (nSPS) is 13.7. The Morgan fingerprint density at radius 1 is 1.26 bits per heavy atom. The number of aromatic nitrogens is 1. The lowest BCUT2D eigenvalue weighted by atomic mass is 10.0. The van der Waals surface area contributed by atoms with E-state index in [1.54, 1.807) is 18.2 Å². The van der Waals surface area contributed by atoms with Gasteiger partial charge in [-0.05, 0) is 30.7 Å². The van der Waals surface area contributed by atoms with E-state index in [-0.39, 0.29) is 0 Å². The number of nitrogens with one attached hydrogen (secondary N) is 1. The lowest BCUT2D eigenvalue weighted by Crippen LogP contribution is -2.31. The second-order valence-corrected chi connectivity index (χ2v) is 4.44. The fourth-order valence-corrected chi connectivity index (χ4v) is 1.97. The average molecular weight is 269 g/mol. The van der Waals surface area contributed by atoms with E-state index < -0.39 is 18.6 Å². The molecule has 0 aliphatic heterocycles. The van der Waals surface area contributed by atoms with Crippen molar-refractivity contribution in [3.05, 3.63) is 41.6 Å². The first-order valence-electron chi connectivity index (χ1n) is 5.79. The molecule has 0 amide bonds. The van der Waals surface area contributed by atoms with Gasteiger partial charge in [-0.15, -0.1) is 0 Å². The smallest absolute Gasteiger partial charge is 0.271 e. The lowest BCUT2D eigenvalue weighted by molar-refractivity contribution is -0.140. The molecule has 2 rings (SSSR count). The van der Waals surface area contributed by atoms with Crippen LogP contribution in [0.25, 0.3) is 10.9 Å². The minimum Gasteiger partial charge on any atom is -0.271 e. The minimum absolute atomic E-state index is 0.498. The molecule has 19 heavy (non-hydrogen) atoms. The van der Waals surface area contributed by atoms with E-state index in [0.29, 0.717) is 5.56 Å². The summed E-state index contributed by atoms with van der Waals surface area (Å²) in [5.41, 5.74) is 4.33. The highest BCUT2D eigenvalue weighted by molar-refractivity contribution is 5.79. The van der Waals surface area contributed by atoms with E-state index in [1.165, 1.54) is 0 Å². The second-order valence-electron chi connectivity index (χ2n) is 4.44. The summed E-state index contributed by atoms with van der Waals surface area (Å²) in [6.07, 6.45) is -5.27. The van der Waals surface area contributed by atoms with Gasteiger partial charge in [-0.1, -0.05) is 12.1 Å². The highest BCUT2D eigenvalue weighted by Crippen LogP contribution is 2.30. The predicted molar refractivity (Wildman–Crippen MR) is 67.2 cm³/mol. The molecule has 1 atom stereocenters. The fourth-order valence-electron chi connectivity index (χ4n) is 1.97. The van der Waals surface area contributed by atoms with Crippen LogP contribution in [0.15, 0.2) is 30.3 Å². The Bertz CT molecular complexity index is 581. The third kappa shape index (κ3) is 3.42. The van der Waals surface area contributed by atoms with Crippen molar-refractivity contribution in [2.45, 2.75) is 25.6 Å². The highest BCUT2D eigenvalue weighted by atomic mass is 19.4. The van der Waals surface area contributed by atoms with Crippen LogP contribution < -0.4 is 11.3 Å². The third-order valence-electron chi connectivity index (χ3n) is 2.89. The van der Waals surface area contributed by atoms with Gasteiger partial charge in [-0.25, -0.2) is 0 Å². The van der Waals surface area contributed by atoms with Crippen molar-refractivity contribution in [3.63, 3.8) is 0 Å². The maximum absolute atomic E-state index is 12.4. The molecule has 0 aliphatic carbocycles. The molecule has 0 saturated heterocycles. The highest BCUT2D eigenvalue weighted by Gasteiger charge is 2.32. The summed E-state index contributed by atoms with van der Waals surface area (Å²) in [5.74, 6) is 5.21. The van der Waals surface area contributed by atoms with Gasteiger partial charge in [0.2, 0.25) is 0 Å². The van der Waals surface area contributed by atoms with Gasteiger partial charge < -0.3 is 0 Å². The molecule has 0 aliphatic rings. The molecule has 0 bridgehead atoms. The second kappa shape index (κ2) is 5.14. The van der Waals surface area contributed by atoms with E-state index in [2.05, 4.69) is 10.4 Å². The first-order valence-corrected chi connectivity index (χ1v) is 5.79. The number of aryl methyl sites for hydroxylation is 1. The van der Waals surface area contributed by atoms with Gasteiger partial charge in [0.1, 0.15) is 0 Å². The third-order valence-corrected chi connectivity index (χ3v) is 2.89. The van der Waals surface area contributed by atoms with E-state index in [9.17, 15) is 13.2 Å². The van der Waals surface area contributed by atoms with Crippen molar-refractivity contribution in [2.24, 2.45) is 5.84 Å². The molecule has 2 aromatic rings. The van der Waals surface area contributed by atoms with Crippen molar-refractivity contribution < 1.29 is 13.2 Å². The molecule has 6 heteroatoms. The standard InChI is InChI=1S/C13H14F3N3/c1-8-2-3-9-6-10(4-5-11(9)18-8)12(19-17)7-13(14,15)16/h2-6,12,19H,7,17H2,1H3. The number of hydrogen-bond donors (Lipinski definition) is 2. The Balaban J connectivity index is 2.36. The summed E-state index contributed by atoms with van der Waals surface area (Å²) in [6.45, 7) is 1.86.